The van der Waals surface area contributed by atoms with Gasteiger partial charge in [-0.1, -0.05) is 42.8 Å². The van der Waals surface area contributed by atoms with Crippen LogP contribution in [0.1, 0.15) is 39.5 Å². The fraction of sp³-hybridized carbons (Fsp3) is 0.263. The highest BCUT2D eigenvalue weighted by Gasteiger charge is 2.10. The largest absolute Gasteiger partial charge is 0.331 e. The predicted molar refractivity (Wildman–Crippen MR) is 103 cm³/mol. The number of rotatable bonds is 3. The quantitative estimate of drug-likeness (QED) is 0.587. The number of thiocarbonyl (C=S) groups is 1. The normalized spacial score (nSPS) is 10.2. The summed E-state index contributed by atoms with van der Waals surface area (Å²) in [6.45, 7) is 7.99. The van der Waals surface area contributed by atoms with Crippen LogP contribution in [0.4, 0.5) is 5.69 Å². The van der Waals surface area contributed by atoms with Crippen molar-refractivity contribution in [2.45, 2.75) is 34.1 Å². The van der Waals surface area contributed by atoms with Crippen LogP contribution in [0.2, 0.25) is 0 Å². The molecule has 0 bridgehead atoms. The van der Waals surface area contributed by atoms with E-state index >= 15 is 0 Å². The number of aryl methyl sites for hydroxylation is 4. The summed E-state index contributed by atoms with van der Waals surface area (Å²) < 4.78 is 0. The lowest BCUT2D eigenvalue weighted by molar-refractivity contribution is 0.0943. The molecule has 5 heteroatoms. The van der Waals surface area contributed by atoms with E-state index in [1.54, 1.807) is 0 Å². The molecule has 4 nitrogen and oxygen atoms in total. The molecule has 0 aliphatic heterocycles. The van der Waals surface area contributed by atoms with Gasteiger partial charge in [-0.2, -0.15) is 0 Å². The summed E-state index contributed by atoms with van der Waals surface area (Å²) in [5.74, 6) is -0.208. The van der Waals surface area contributed by atoms with Crippen LogP contribution in [-0.4, -0.2) is 11.0 Å². The van der Waals surface area contributed by atoms with Gasteiger partial charge in [0, 0.05) is 11.3 Å². The number of carbonyl (C=O) groups is 1. The Balaban J connectivity index is 2.01. The fourth-order valence-electron chi connectivity index (χ4n) is 2.51. The molecule has 0 radical (unpaired) electrons. The standard InChI is InChI=1S/C19H23N3OS/c1-5-15-8-6-7-14(4)17(15)20-19(24)22-21-18(23)16-11-12(2)9-10-13(16)3/h6-11H,5H2,1-4H3,(H,21,23)(H2,20,22,24). The van der Waals surface area contributed by atoms with Crippen molar-refractivity contribution in [1.82, 2.24) is 10.9 Å². The van der Waals surface area contributed by atoms with Crippen molar-refractivity contribution in [2.24, 2.45) is 0 Å². The molecule has 0 unspecified atom stereocenters. The zero-order chi connectivity index (χ0) is 17.7. The molecule has 0 saturated carbocycles. The van der Waals surface area contributed by atoms with Crippen LogP contribution in [0.5, 0.6) is 0 Å². The summed E-state index contributed by atoms with van der Waals surface area (Å²) in [5.41, 5.74) is 11.3. The van der Waals surface area contributed by atoms with Crippen LogP contribution in [0.3, 0.4) is 0 Å². The van der Waals surface area contributed by atoms with Crippen molar-refractivity contribution in [3.63, 3.8) is 0 Å². The Kier molecular flexibility index (Phi) is 5.93. The summed E-state index contributed by atoms with van der Waals surface area (Å²) in [7, 11) is 0. The number of amides is 1. The van der Waals surface area contributed by atoms with E-state index in [2.05, 4.69) is 29.2 Å². The highest BCUT2D eigenvalue weighted by atomic mass is 32.1. The highest BCUT2D eigenvalue weighted by molar-refractivity contribution is 7.80. The van der Waals surface area contributed by atoms with Crippen LogP contribution in [0.15, 0.2) is 36.4 Å². The van der Waals surface area contributed by atoms with Gasteiger partial charge in [0.05, 0.1) is 0 Å². The monoisotopic (exact) mass is 341 g/mol. The summed E-state index contributed by atoms with van der Waals surface area (Å²) >= 11 is 5.29. The molecule has 126 valence electrons. The lowest BCUT2D eigenvalue weighted by atomic mass is 10.1. The highest BCUT2D eigenvalue weighted by Crippen LogP contribution is 2.20. The number of carbonyl (C=O) groups excluding carboxylic acids is 1. The third-order valence-electron chi connectivity index (χ3n) is 3.91. The van der Waals surface area contributed by atoms with Gasteiger partial charge in [0.25, 0.3) is 5.91 Å². The molecule has 2 aromatic rings. The molecule has 2 aromatic carbocycles. The molecular weight excluding hydrogens is 318 g/mol. The minimum absolute atomic E-state index is 0.208. The number of hydrogen-bond donors (Lipinski definition) is 3. The Labute approximate surface area is 148 Å². The molecule has 0 fully saturated rings. The Morgan fingerprint density at radius 3 is 2.50 bits per heavy atom. The lowest BCUT2D eigenvalue weighted by Crippen LogP contribution is -2.44. The number of hydrazine groups is 1. The first-order valence-electron chi connectivity index (χ1n) is 7.95. The van der Waals surface area contributed by atoms with Gasteiger partial charge < -0.3 is 5.32 Å². The maximum atomic E-state index is 12.3. The van der Waals surface area contributed by atoms with E-state index in [9.17, 15) is 4.79 Å². The van der Waals surface area contributed by atoms with Crippen molar-refractivity contribution < 1.29 is 4.79 Å². The number of hydrogen-bond acceptors (Lipinski definition) is 2. The Morgan fingerprint density at radius 1 is 1.04 bits per heavy atom. The summed E-state index contributed by atoms with van der Waals surface area (Å²) in [6, 6.07) is 11.9. The van der Waals surface area contributed by atoms with E-state index in [-0.39, 0.29) is 5.91 Å². The van der Waals surface area contributed by atoms with Gasteiger partial charge >= 0.3 is 0 Å². The number of benzene rings is 2. The zero-order valence-corrected chi connectivity index (χ0v) is 15.3. The van der Waals surface area contributed by atoms with E-state index in [0.29, 0.717) is 10.7 Å². The molecule has 0 aliphatic rings. The van der Waals surface area contributed by atoms with E-state index in [1.807, 2.05) is 51.1 Å². The van der Waals surface area contributed by atoms with Gasteiger partial charge in [-0.15, -0.1) is 0 Å². The molecule has 0 aliphatic carbocycles. The van der Waals surface area contributed by atoms with Crippen molar-refractivity contribution in [1.29, 1.82) is 0 Å². The maximum Gasteiger partial charge on any atom is 0.269 e. The van der Waals surface area contributed by atoms with Gasteiger partial charge in [-0.3, -0.25) is 15.6 Å². The SMILES string of the molecule is CCc1cccc(C)c1NC(=S)NNC(=O)c1cc(C)ccc1C. The first-order chi connectivity index (χ1) is 11.4. The number of para-hydroxylation sites is 1. The Hall–Kier alpha value is -2.40. The van der Waals surface area contributed by atoms with Gasteiger partial charge in [-0.25, -0.2) is 0 Å². The lowest BCUT2D eigenvalue weighted by Gasteiger charge is -2.16. The molecule has 1 amide bonds. The molecular formula is C19H23N3OS. The zero-order valence-electron chi connectivity index (χ0n) is 14.5. The summed E-state index contributed by atoms with van der Waals surface area (Å²) in [4.78, 5) is 12.3. The van der Waals surface area contributed by atoms with Crippen molar-refractivity contribution in [3.05, 3.63) is 64.2 Å². The Morgan fingerprint density at radius 2 is 1.79 bits per heavy atom. The van der Waals surface area contributed by atoms with Crippen LogP contribution in [0.25, 0.3) is 0 Å². The third-order valence-corrected chi connectivity index (χ3v) is 4.11. The summed E-state index contributed by atoms with van der Waals surface area (Å²) in [6.07, 6.45) is 0.904. The second-order valence-electron chi connectivity index (χ2n) is 5.81. The van der Waals surface area contributed by atoms with Crippen molar-refractivity contribution in [2.75, 3.05) is 5.32 Å². The molecule has 0 aromatic heterocycles. The molecule has 3 N–H and O–H groups in total. The molecule has 0 heterocycles. The van der Waals surface area contributed by atoms with Gasteiger partial charge in [0.2, 0.25) is 0 Å². The topological polar surface area (TPSA) is 53.2 Å². The first kappa shape index (κ1) is 17.9. The number of nitrogens with one attached hydrogen (secondary N) is 3. The first-order valence-corrected chi connectivity index (χ1v) is 8.36. The van der Waals surface area contributed by atoms with E-state index in [0.717, 1.165) is 28.8 Å². The minimum atomic E-state index is -0.208. The average Bonchev–Trinajstić information content (AvgIpc) is 2.56. The molecule has 24 heavy (non-hydrogen) atoms. The molecule has 2 rings (SSSR count). The molecule has 0 saturated heterocycles. The van der Waals surface area contributed by atoms with Gasteiger partial charge in [0.15, 0.2) is 5.11 Å². The van der Waals surface area contributed by atoms with Gasteiger partial charge in [0.1, 0.15) is 0 Å². The second kappa shape index (κ2) is 7.93. The average molecular weight is 341 g/mol. The smallest absolute Gasteiger partial charge is 0.269 e. The van der Waals surface area contributed by atoms with E-state index in [4.69, 9.17) is 12.2 Å². The van der Waals surface area contributed by atoms with Crippen LogP contribution < -0.4 is 16.2 Å². The predicted octanol–water partition coefficient (Wildman–Crippen LogP) is 3.81. The van der Waals surface area contributed by atoms with E-state index in [1.165, 1.54) is 5.56 Å². The second-order valence-corrected chi connectivity index (χ2v) is 6.22. The van der Waals surface area contributed by atoms with Crippen LogP contribution >= 0.6 is 12.2 Å². The maximum absolute atomic E-state index is 12.3. The molecule has 0 atom stereocenters. The molecule has 0 spiro atoms. The van der Waals surface area contributed by atoms with Crippen LogP contribution in [0, 0.1) is 20.8 Å². The van der Waals surface area contributed by atoms with Gasteiger partial charge in [-0.05, 0) is 62.2 Å². The number of anilines is 1. The van der Waals surface area contributed by atoms with Crippen LogP contribution in [-0.2, 0) is 6.42 Å². The van der Waals surface area contributed by atoms with E-state index < -0.39 is 0 Å². The van der Waals surface area contributed by atoms with Crippen molar-refractivity contribution in [3.8, 4) is 0 Å². The minimum Gasteiger partial charge on any atom is -0.331 e. The summed E-state index contributed by atoms with van der Waals surface area (Å²) in [5, 5.41) is 3.53. The Bertz CT molecular complexity index is 771. The van der Waals surface area contributed by atoms with Crippen molar-refractivity contribution >= 4 is 28.9 Å². The third kappa shape index (κ3) is 4.32. The fourth-order valence-corrected chi connectivity index (χ4v) is 2.66.